The second kappa shape index (κ2) is 20.2. The molecule has 0 atom stereocenters. The van der Waals surface area contributed by atoms with Crippen molar-refractivity contribution in [3.05, 3.63) is 12.2 Å². The highest BCUT2D eigenvalue weighted by Gasteiger charge is 2.00. The molecule has 0 fully saturated rings. The van der Waals surface area contributed by atoms with E-state index in [0.29, 0.717) is 6.42 Å². The molecular formula is C20H39NO3. The van der Waals surface area contributed by atoms with E-state index in [9.17, 15) is 4.79 Å². The number of hydroxylamine groups is 1. The molecule has 0 bridgehead atoms. The van der Waals surface area contributed by atoms with Gasteiger partial charge in [-0.2, -0.15) is 0 Å². The first-order valence-corrected chi connectivity index (χ1v) is 9.97. The number of amides is 1. The Bertz CT molecular complexity index is 293. The van der Waals surface area contributed by atoms with Gasteiger partial charge in [0.25, 0.3) is 0 Å². The van der Waals surface area contributed by atoms with Crippen LogP contribution < -0.4 is 5.48 Å². The fraction of sp³-hybridized carbons (Fsp3) is 0.850. The number of nitrogens with one attached hydrogen (secondary N) is 1. The van der Waals surface area contributed by atoms with Crippen LogP contribution in [0.2, 0.25) is 0 Å². The number of allylic oxidation sites excluding steroid dienone is 2. The molecule has 0 aliphatic rings. The highest BCUT2D eigenvalue weighted by molar-refractivity contribution is 5.74. The number of unbranched alkanes of at least 4 members (excludes halogenated alkanes) is 11. The van der Waals surface area contributed by atoms with E-state index in [0.717, 1.165) is 12.8 Å². The summed E-state index contributed by atoms with van der Waals surface area (Å²) in [5.74, 6) is -0.0962. The lowest BCUT2D eigenvalue weighted by Crippen LogP contribution is -2.24. The summed E-state index contributed by atoms with van der Waals surface area (Å²) in [6, 6.07) is 0. The van der Waals surface area contributed by atoms with E-state index in [1.807, 2.05) is 0 Å². The maximum absolute atomic E-state index is 11.3. The Kier molecular flexibility index (Phi) is 19.4. The lowest BCUT2D eigenvalue weighted by Gasteiger charge is -2.04. The van der Waals surface area contributed by atoms with E-state index in [2.05, 4.69) is 24.6 Å². The van der Waals surface area contributed by atoms with Crippen LogP contribution in [0.1, 0.15) is 96.8 Å². The lowest BCUT2D eigenvalue weighted by molar-refractivity contribution is -0.134. The molecule has 142 valence electrons. The first kappa shape index (κ1) is 23.1. The summed E-state index contributed by atoms with van der Waals surface area (Å²) in [6.45, 7) is 2.33. The summed E-state index contributed by atoms with van der Waals surface area (Å²) < 4.78 is 0. The molecule has 0 aromatic rings. The Labute approximate surface area is 149 Å². The number of hydrogen-bond acceptors (Lipinski definition) is 3. The van der Waals surface area contributed by atoms with Crippen LogP contribution in [-0.2, 0) is 9.63 Å². The molecule has 4 nitrogen and oxygen atoms in total. The topological polar surface area (TPSA) is 58.6 Å². The molecule has 0 rings (SSSR count). The van der Waals surface area contributed by atoms with E-state index in [1.54, 1.807) is 0 Å². The van der Waals surface area contributed by atoms with Gasteiger partial charge in [0.05, 0.1) is 13.2 Å². The highest BCUT2D eigenvalue weighted by atomic mass is 16.7. The zero-order valence-corrected chi connectivity index (χ0v) is 15.7. The van der Waals surface area contributed by atoms with Crippen molar-refractivity contribution >= 4 is 5.91 Å². The van der Waals surface area contributed by atoms with Crippen molar-refractivity contribution in [1.82, 2.24) is 5.48 Å². The average molecular weight is 342 g/mol. The minimum atomic E-state index is -0.0962. The molecule has 2 N–H and O–H groups in total. The Morgan fingerprint density at radius 2 is 1.42 bits per heavy atom. The molecule has 0 radical (unpaired) electrons. The van der Waals surface area contributed by atoms with Gasteiger partial charge in [-0.05, 0) is 32.1 Å². The van der Waals surface area contributed by atoms with Crippen LogP contribution >= 0.6 is 0 Å². The second-order valence-electron chi connectivity index (χ2n) is 6.43. The molecule has 0 saturated carbocycles. The zero-order chi connectivity index (χ0) is 17.7. The predicted molar refractivity (Wildman–Crippen MR) is 101 cm³/mol. The maximum atomic E-state index is 11.3. The molecule has 1 amide bonds. The van der Waals surface area contributed by atoms with E-state index in [-0.39, 0.29) is 19.1 Å². The standard InChI is InChI=1S/C20H39NO3/c1-2-3-4-5-6-7-8-9-10-11-12-13-14-15-16-17-20(23)21-24-19-18-22/h9-10,22H,2-8,11-19H2,1H3,(H,21,23)/b10-9-. The molecule has 0 spiro atoms. The molecule has 0 heterocycles. The van der Waals surface area contributed by atoms with E-state index in [4.69, 9.17) is 9.94 Å². The lowest BCUT2D eigenvalue weighted by atomic mass is 10.1. The van der Waals surface area contributed by atoms with Crippen molar-refractivity contribution < 1.29 is 14.7 Å². The fourth-order valence-electron chi connectivity index (χ4n) is 2.58. The van der Waals surface area contributed by atoms with Gasteiger partial charge in [0.1, 0.15) is 0 Å². The summed E-state index contributed by atoms with van der Waals surface area (Å²) in [7, 11) is 0. The Morgan fingerprint density at radius 1 is 0.875 bits per heavy atom. The van der Waals surface area contributed by atoms with Gasteiger partial charge in [0.15, 0.2) is 0 Å². The van der Waals surface area contributed by atoms with Crippen LogP contribution in [0.5, 0.6) is 0 Å². The van der Waals surface area contributed by atoms with Gasteiger partial charge in [0.2, 0.25) is 5.91 Å². The summed E-state index contributed by atoms with van der Waals surface area (Å²) in [4.78, 5) is 16.1. The van der Waals surface area contributed by atoms with Gasteiger partial charge >= 0.3 is 0 Å². The molecule has 0 unspecified atom stereocenters. The summed E-state index contributed by atoms with van der Waals surface area (Å²) in [5, 5.41) is 8.51. The molecule has 4 heteroatoms. The molecule has 0 aliphatic carbocycles. The molecule has 0 aromatic heterocycles. The summed E-state index contributed by atoms with van der Waals surface area (Å²) in [6.07, 6.45) is 21.5. The van der Waals surface area contributed by atoms with E-state index < -0.39 is 0 Å². The van der Waals surface area contributed by atoms with Crippen LogP contribution in [0.3, 0.4) is 0 Å². The second-order valence-corrected chi connectivity index (χ2v) is 6.43. The van der Waals surface area contributed by atoms with E-state index >= 15 is 0 Å². The highest BCUT2D eigenvalue weighted by Crippen LogP contribution is 2.09. The number of carbonyl (C=O) groups excluding carboxylic acids is 1. The third-order valence-corrected chi connectivity index (χ3v) is 4.04. The smallest absolute Gasteiger partial charge is 0.243 e. The van der Waals surface area contributed by atoms with Crippen LogP contribution in [-0.4, -0.2) is 24.2 Å². The quantitative estimate of drug-likeness (QED) is 0.208. The molecule has 0 aliphatic heterocycles. The van der Waals surface area contributed by atoms with Crippen LogP contribution in [0, 0.1) is 0 Å². The monoisotopic (exact) mass is 341 g/mol. The fourth-order valence-corrected chi connectivity index (χ4v) is 2.58. The minimum absolute atomic E-state index is 0.0757. The van der Waals surface area contributed by atoms with Crippen molar-refractivity contribution in [1.29, 1.82) is 0 Å². The predicted octanol–water partition coefficient (Wildman–Crippen LogP) is 5.06. The number of hydrogen-bond donors (Lipinski definition) is 2. The molecule has 0 aromatic carbocycles. The minimum Gasteiger partial charge on any atom is -0.394 e. The Hall–Kier alpha value is -0.870. The van der Waals surface area contributed by atoms with Crippen LogP contribution in [0.25, 0.3) is 0 Å². The van der Waals surface area contributed by atoms with Crippen molar-refractivity contribution in [3.8, 4) is 0 Å². The average Bonchev–Trinajstić information content (AvgIpc) is 2.58. The molecular weight excluding hydrogens is 302 g/mol. The van der Waals surface area contributed by atoms with Gasteiger partial charge in [-0.25, -0.2) is 5.48 Å². The first-order chi connectivity index (χ1) is 11.8. The van der Waals surface area contributed by atoms with Gasteiger partial charge in [-0.15, -0.1) is 0 Å². The Balaban J connectivity index is 3.16. The number of aliphatic hydroxyl groups is 1. The van der Waals surface area contributed by atoms with Gasteiger partial charge in [-0.1, -0.05) is 70.4 Å². The van der Waals surface area contributed by atoms with E-state index in [1.165, 1.54) is 70.6 Å². The van der Waals surface area contributed by atoms with Gasteiger partial charge < -0.3 is 5.11 Å². The van der Waals surface area contributed by atoms with Gasteiger partial charge in [0, 0.05) is 6.42 Å². The largest absolute Gasteiger partial charge is 0.394 e. The number of aliphatic hydroxyl groups excluding tert-OH is 1. The zero-order valence-electron chi connectivity index (χ0n) is 15.7. The number of rotatable bonds is 18. The maximum Gasteiger partial charge on any atom is 0.243 e. The van der Waals surface area contributed by atoms with Crippen LogP contribution in [0.4, 0.5) is 0 Å². The van der Waals surface area contributed by atoms with Crippen molar-refractivity contribution in [2.75, 3.05) is 13.2 Å². The van der Waals surface area contributed by atoms with Crippen molar-refractivity contribution in [2.24, 2.45) is 0 Å². The third-order valence-electron chi connectivity index (χ3n) is 4.04. The van der Waals surface area contributed by atoms with Crippen LogP contribution in [0.15, 0.2) is 12.2 Å². The van der Waals surface area contributed by atoms with Crippen molar-refractivity contribution in [2.45, 2.75) is 96.8 Å². The number of carbonyl (C=O) groups is 1. The van der Waals surface area contributed by atoms with Crippen molar-refractivity contribution in [3.63, 3.8) is 0 Å². The summed E-state index contributed by atoms with van der Waals surface area (Å²) >= 11 is 0. The molecule has 24 heavy (non-hydrogen) atoms. The first-order valence-electron chi connectivity index (χ1n) is 9.97. The summed E-state index contributed by atoms with van der Waals surface area (Å²) in [5.41, 5.74) is 2.33. The third kappa shape index (κ3) is 19.2. The Morgan fingerprint density at radius 3 is 2.00 bits per heavy atom. The SMILES string of the molecule is CCCCCCCC/C=C\CCCCCCCC(=O)NOCCO. The normalized spacial score (nSPS) is 11.2. The van der Waals surface area contributed by atoms with Gasteiger partial charge in [-0.3, -0.25) is 9.63 Å². The molecule has 0 saturated heterocycles.